The van der Waals surface area contributed by atoms with E-state index in [2.05, 4.69) is 9.88 Å². The molecule has 0 radical (unpaired) electrons. The first-order chi connectivity index (χ1) is 14.0. The van der Waals surface area contributed by atoms with Crippen LogP contribution in [-0.4, -0.2) is 40.2 Å². The van der Waals surface area contributed by atoms with Gasteiger partial charge in [-0.1, -0.05) is 0 Å². The van der Waals surface area contributed by atoms with Gasteiger partial charge in [-0.25, -0.2) is 8.42 Å². The van der Waals surface area contributed by atoms with Crippen LogP contribution in [0.4, 0.5) is 5.69 Å². The van der Waals surface area contributed by atoms with Gasteiger partial charge in [0, 0.05) is 24.7 Å². The van der Waals surface area contributed by atoms with Gasteiger partial charge in [-0.05, 0) is 62.2 Å². The van der Waals surface area contributed by atoms with E-state index in [9.17, 15) is 8.42 Å². The fraction of sp³-hybridized carbons (Fsp3) is 0.318. The molecule has 0 amide bonds. The summed E-state index contributed by atoms with van der Waals surface area (Å²) in [7, 11) is -2.20. The molecule has 6 nitrogen and oxygen atoms in total. The lowest BCUT2D eigenvalue weighted by Crippen LogP contribution is -2.21. The molecule has 29 heavy (non-hydrogen) atoms. The molecule has 2 aromatic carbocycles. The van der Waals surface area contributed by atoms with Crippen molar-refractivity contribution in [3.63, 3.8) is 0 Å². The normalized spacial score (nSPS) is 14.3. The molecule has 2 heterocycles. The maximum absolute atomic E-state index is 13.5. The number of anilines is 1. The minimum absolute atomic E-state index is 0.223. The van der Waals surface area contributed by atoms with Gasteiger partial charge in [0.2, 0.25) is 9.84 Å². The number of pyridine rings is 1. The summed E-state index contributed by atoms with van der Waals surface area (Å²) in [6, 6.07) is 12.1. The molecule has 152 valence electrons. The minimum Gasteiger partial charge on any atom is -0.497 e. The average Bonchev–Trinajstić information content (AvgIpc) is 3.27. The molecule has 1 fully saturated rings. The zero-order valence-corrected chi connectivity index (χ0v) is 17.4. The number of hydrogen-bond acceptors (Lipinski definition) is 6. The Labute approximate surface area is 171 Å². The van der Waals surface area contributed by atoms with E-state index in [-0.39, 0.29) is 9.79 Å². The molecule has 0 unspecified atom stereocenters. The highest BCUT2D eigenvalue weighted by molar-refractivity contribution is 7.91. The van der Waals surface area contributed by atoms with Gasteiger partial charge in [0.05, 0.1) is 29.8 Å². The van der Waals surface area contributed by atoms with Crippen LogP contribution in [0.2, 0.25) is 0 Å². The Bertz CT molecular complexity index is 1120. The first-order valence-corrected chi connectivity index (χ1v) is 11.2. The molecule has 1 saturated heterocycles. The predicted octanol–water partition coefficient (Wildman–Crippen LogP) is 4.08. The van der Waals surface area contributed by atoms with Gasteiger partial charge >= 0.3 is 0 Å². The SMILES string of the molecule is CCOc1ccc2ncc(S(=O)(=O)c3ccc(OC)cc3)c(N3CCCC3)c2c1. The molecule has 1 aliphatic heterocycles. The number of sulfone groups is 1. The highest BCUT2D eigenvalue weighted by atomic mass is 32.2. The summed E-state index contributed by atoms with van der Waals surface area (Å²) >= 11 is 0. The standard InChI is InChI=1S/C22H24N2O4S/c1-3-28-17-8-11-20-19(14-17)22(24-12-4-5-13-24)21(15-23-20)29(25,26)18-9-6-16(27-2)7-10-18/h6-11,14-15H,3-5,12-13H2,1-2H3. The van der Waals surface area contributed by atoms with Crippen molar-refractivity contribution in [3.05, 3.63) is 48.7 Å². The van der Waals surface area contributed by atoms with Crippen LogP contribution in [0, 0.1) is 0 Å². The molecule has 1 aromatic heterocycles. The van der Waals surface area contributed by atoms with E-state index in [1.807, 2.05) is 25.1 Å². The first-order valence-electron chi connectivity index (χ1n) is 9.74. The molecule has 0 saturated carbocycles. The van der Waals surface area contributed by atoms with Crippen molar-refractivity contribution in [1.82, 2.24) is 4.98 Å². The number of ether oxygens (including phenoxy) is 2. The van der Waals surface area contributed by atoms with Gasteiger partial charge in [0.1, 0.15) is 16.4 Å². The zero-order valence-electron chi connectivity index (χ0n) is 16.6. The maximum atomic E-state index is 13.5. The molecule has 0 spiro atoms. The highest BCUT2D eigenvalue weighted by Crippen LogP contribution is 2.38. The fourth-order valence-electron chi connectivity index (χ4n) is 3.74. The third kappa shape index (κ3) is 3.62. The second kappa shape index (κ2) is 7.91. The van der Waals surface area contributed by atoms with Gasteiger partial charge in [0.25, 0.3) is 0 Å². The Hall–Kier alpha value is -2.80. The topological polar surface area (TPSA) is 68.7 Å². The van der Waals surface area contributed by atoms with E-state index >= 15 is 0 Å². The Morgan fingerprint density at radius 3 is 2.38 bits per heavy atom. The second-order valence-corrected chi connectivity index (χ2v) is 8.87. The van der Waals surface area contributed by atoms with Crippen LogP contribution in [0.3, 0.4) is 0 Å². The second-order valence-electron chi connectivity index (χ2n) is 6.96. The number of methoxy groups -OCH3 is 1. The lowest BCUT2D eigenvalue weighted by Gasteiger charge is -2.23. The third-order valence-corrected chi connectivity index (χ3v) is 6.94. The lowest BCUT2D eigenvalue weighted by molar-refractivity contribution is 0.340. The predicted molar refractivity (Wildman–Crippen MR) is 113 cm³/mol. The number of aromatic nitrogens is 1. The van der Waals surface area contributed by atoms with Crippen molar-refractivity contribution < 1.29 is 17.9 Å². The van der Waals surface area contributed by atoms with Crippen molar-refractivity contribution >= 4 is 26.4 Å². The quantitative estimate of drug-likeness (QED) is 0.608. The van der Waals surface area contributed by atoms with Crippen LogP contribution >= 0.6 is 0 Å². The number of rotatable bonds is 6. The number of fused-ring (bicyclic) bond motifs is 1. The summed E-state index contributed by atoms with van der Waals surface area (Å²) in [4.78, 5) is 7.05. The summed E-state index contributed by atoms with van der Waals surface area (Å²) < 4.78 is 37.9. The Kier molecular flexibility index (Phi) is 5.32. The molecule has 4 rings (SSSR count). The van der Waals surface area contributed by atoms with Crippen LogP contribution < -0.4 is 14.4 Å². The van der Waals surface area contributed by atoms with E-state index in [0.717, 1.165) is 36.8 Å². The summed E-state index contributed by atoms with van der Waals surface area (Å²) in [6.07, 6.45) is 3.56. The van der Waals surface area contributed by atoms with Crippen molar-refractivity contribution in [2.45, 2.75) is 29.6 Å². The molecule has 0 N–H and O–H groups in total. The monoisotopic (exact) mass is 412 g/mol. The molecular formula is C22H24N2O4S. The average molecular weight is 413 g/mol. The number of nitrogens with zero attached hydrogens (tertiary/aromatic N) is 2. The Morgan fingerprint density at radius 1 is 1.03 bits per heavy atom. The van der Waals surface area contributed by atoms with Crippen molar-refractivity contribution in [2.24, 2.45) is 0 Å². The van der Waals surface area contributed by atoms with Gasteiger partial charge in [0.15, 0.2) is 0 Å². The molecule has 0 aliphatic carbocycles. The van der Waals surface area contributed by atoms with Crippen LogP contribution in [0.25, 0.3) is 10.9 Å². The van der Waals surface area contributed by atoms with Gasteiger partial charge < -0.3 is 14.4 Å². The van der Waals surface area contributed by atoms with E-state index in [4.69, 9.17) is 9.47 Å². The van der Waals surface area contributed by atoms with E-state index in [0.29, 0.717) is 23.8 Å². The Morgan fingerprint density at radius 2 is 1.72 bits per heavy atom. The van der Waals surface area contributed by atoms with E-state index in [1.165, 1.54) is 6.20 Å². The van der Waals surface area contributed by atoms with Gasteiger partial charge in [-0.15, -0.1) is 0 Å². The minimum atomic E-state index is -3.75. The molecule has 1 aliphatic rings. The highest BCUT2D eigenvalue weighted by Gasteiger charge is 2.28. The molecule has 3 aromatic rings. The van der Waals surface area contributed by atoms with Crippen LogP contribution in [0.1, 0.15) is 19.8 Å². The molecule has 7 heteroatoms. The van der Waals surface area contributed by atoms with Gasteiger partial charge in [-0.2, -0.15) is 0 Å². The Balaban J connectivity index is 1.93. The first kappa shape index (κ1) is 19.5. The zero-order chi connectivity index (χ0) is 20.4. The van der Waals surface area contributed by atoms with Crippen LogP contribution in [0.15, 0.2) is 58.5 Å². The van der Waals surface area contributed by atoms with Crippen LogP contribution in [-0.2, 0) is 9.84 Å². The fourth-order valence-corrected chi connectivity index (χ4v) is 5.17. The van der Waals surface area contributed by atoms with E-state index in [1.54, 1.807) is 31.4 Å². The number of benzene rings is 2. The lowest BCUT2D eigenvalue weighted by atomic mass is 10.1. The summed E-state index contributed by atoms with van der Waals surface area (Å²) in [6.45, 7) is 4.11. The summed E-state index contributed by atoms with van der Waals surface area (Å²) in [5.41, 5.74) is 1.47. The van der Waals surface area contributed by atoms with Crippen LogP contribution in [0.5, 0.6) is 11.5 Å². The summed E-state index contributed by atoms with van der Waals surface area (Å²) in [5.74, 6) is 1.32. The largest absolute Gasteiger partial charge is 0.497 e. The summed E-state index contributed by atoms with van der Waals surface area (Å²) in [5, 5.41) is 0.799. The molecule has 0 bridgehead atoms. The van der Waals surface area contributed by atoms with E-state index < -0.39 is 9.84 Å². The third-order valence-electron chi connectivity index (χ3n) is 5.17. The van der Waals surface area contributed by atoms with Crippen molar-refractivity contribution in [2.75, 3.05) is 31.7 Å². The van der Waals surface area contributed by atoms with Gasteiger partial charge in [-0.3, -0.25) is 4.98 Å². The number of hydrogen-bond donors (Lipinski definition) is 0. The molecular weight excluding hydrogens is 388 g/mol. The molecule has 0 atom stereocenters. The smallest absolute Gasteiger partial charge is 0.210 e. The maximum Gasteiger partial charge on any atom is 0.210 e. The van der Waals surface area contributed by atoms with Crippen molar-refractivity contribution in [3.8, 4) is 11.5 Å². The van der Waals surface area contributed by atoms with Crippen molar-refractivity contribution in [1.29, 1.82) is 0 Å².